The van der Waals surface area contributed by atoms with Gasteiger partial charge in [-0.25, -0.2) is 4.98 Å². The molecule has 1 aliphatic rings. The molecule has 0 atom stereocenters. The fourth-order valence-electron chi connectivity index (χ4n) is 1.92. The van der Waals surface area contributed by atoms with Crippen molar-refractivity contribution < 1.29 is 27.2 Å². The van der Waals surface area contributed by atoms with Gasteiger partial charge in [0, 0.05) is 0 Å². The van der Waals surface area contributed by atoms with Crippen molar-refractivity contribution in [3.8, 4) is 5.75 Å². The molecular formula is C13H17BF3NO3. The highest BCUT2D eigenvalue weighted by Gasteiger charge is 2.53. The topological polar surface area (TPSA) is 40.6 Å². The van der Waals surface area contributed by atoms with E-state index in [0.29, 0.717) is 0 Å². The third-order valence-corrected chi connectivity index (χ3v) is 3.87. The lowest BCUT2D eigenvalue weighted by Gasteiger charge is -2.32. The van der Waals surface area contributed by atoms with Crippen LogP contribution in [-0.2, 0) is 15.5 Å². The summed E-state index contributed by atoms with van der Waals surface area (Å²) < 4.78 is 55.0. The zero-order valence-electron chi connectivity index (χ0n) is 12.5. The van der Waals surface area contributed by atoms with E-state index < -0.39 is 30.2 Å². The third kappa shape index (κ3) is 2.87. The summed E-state index contributed by atoms with van der Waals surface area (Å²) in [4.78, 5) is 3.63. The van der Waals surface area contributed by atoms with Crippen molar-refractivity contribution in [2.75, 3.05) is 7.11 Å². The summed E-state index contributed by atoms with van der Waals surface area (Å²) in [6.45, 7) is 7.25. The summed E-state index contributed by atoms with van der Waals surface area (Å²) >= 11 is 0. The van der Waals surface area contributed by atoms with E-state index in [1.807, 2.05) is 27.7 Å². The SMILES string of the molecule is COc1ccc(C(F)(F)F)nc1B1OC(C)(C)C(C)(C)O1. The number of hydrogen-bond donors (Lipinski definition) is 0. The number of aromatic nitrogens is 1. The number of pyridine rings is 1. The molecule has 0 spiro atoms. The molecule has 0 radical (unpaired) electrons. The molecule has 116 valence electrons. The normalized spacial score (nSPS) is 20.7. The zero-order chi connectivity index (χ0) is 16.1. The van der Waals surface area contributed by atoms with Crippen LogP contribution in [0.3, 0.4) is 0 Å². The van der Waals surface area contributed by atoms with Crippen LogP contribution in [0.4, 0.5) is 13.2 Å². The lowest BCUT2D eigenvalue weighted by atomic mass is 9.83. The van der Waals surface area contributed by atoms with Gasteiger partial charge in [0.2, 0.25) is 0 Å². The molecule has 21 heavy (non-hydrogen) atoms. The van der Waals surface area contributed by atoms with Crippen LogP contribution in [-0.4, -0.2) is 30.4 Å². The predicted octanol–water partition coefficient (Wildman–Crippen LogP) is 2.41. The number of halogens is 3. The maximum Gasteiger partial charge on any atom is 0.518 e. The van der Waals surface area contributed by atoms with Crippen molar-refractivity contribution in [2.24, 2.45) is 0 Å². The second-order valence-electron chi connectivity index (χ2n) is 5.87. The van der Waals surface area contributed by atoms with Gasteiger partial charge in [-0.1, -0.05) is 0 Å². The molecule has 0 saturated carbocycles. The number of methoxy groups -OCH3 is 1. The van der Waals surface area contributed by atoms with E-state index in [2.05, 4.69) is 4.98 Å². The largest absolute Gasteiger partial charge is 0.518 e. The molecule has 1 aromatic heterocycles. The van der Waals surface area contributed by atoms with Gasteiger partial charge in [0.05, 0.1) is 18.3 Å². The van der Waals surface area contributed by atoms with Crippen molar-refractivity contribution in [3.63, 3.8) is 0 Å². The van der Waals surface area contributed by atoms with E-state index in [9.17, 15) is 13.2 Å². The molecular weight excluding hydrogens is 286 g/mol. The molecule has 0 amide bonds. The van der Waals surface area contributed by atoms with E-state index in [4.69, 9.17) is 14.0 Å². The summed E-state index contributed by atoms with van der Waals surface area (Å²) in [5.74, 6) is 0.196. The average Bonchev–Trinajstić information content (AvgIpc) is 2.56. The van der Waals surface area contributed by atoms with E-state index in [1.165, 1.54) is 13.2 Å². The summed E-state index contributed by atoms with van der Waals surface area (Å²) in [6, 6.07) is 2.09. The molecule has 2 rings (SSSR count). The summed E-state index contributed by atoms with van der Waals surface area (Å²) in [5.41, 5.74) is -2.35. The number of ether oxygens (including phenoxy) is 1. The van der Waals surface area contributed by atoms with Gasteiger partial charge >= 0.3 is 13.3 Å². The Morgan fingerprint density at radius 2 is 1.62 bits per heavy atom. The van der Waals surface area contributed by atoms with E-state index in [-0.39, 0.29) is 11.3 Å². The van der Waals surface area contributed by atoms with E-state index >= 15 is 0 Å². The van der Waals surface area contributed by atoms with Gasteiger partial charge in [-0.2, -0.15) is 13.2 Å². The second kappa shape index (κ2) is 4.88. The van der Waals surface area contributed by atoms with Crippen molar-refractivity contribution in [1.29, 1.82) is 0 Å². The van der Waals surface area contributed by atoms with Crippen LogP contribution in [0.25, 0.3) is 0 Å². The Morgan fingerprint density at radius 1 is 1.10 bits per heavy atom. The first-order valence-corrected chi connectivity index (χ1v) is 6.46. The molecule has 0 N–H and O–H groups in total. The predicted molar refractivity (Wildman–Crippen MR) is 71.5 cm³/mol. The second-order valence-corrected chi connectivity index (χ2v) is 5.87. The van der Waals surface area contributed by atoms with E-state index in [0.717, 1.165) is 6.07 Å². The van der Waals surface area contributed by atoms with Gasteiger partial charge in [-0.05, 0) is 39.8 Å². The van der Waals surface area contributed by atoms with Crippen molar-refractivity contribution in [2.45, 2.75) is 45.1 Å². The summed E-state index contributed by atoms with van der Waals surface area (Å²) in [6.07, 6.45) is -4.54. The maximum atomic E-state index is 12.8. The molecule has 4 nitrogen and oxygen atoms in total. The van der Waals surface area contributed by atoms with Crippen molar-refractivity contribution >= 4 is 12.7 Å². The highest BCUT2D eigenvalue weighted by molar-refractivity contribution is 6.62. The minimum Gasteiger partial charge on any atom is -0.496 e. The Balaban J connectivity index is 2.44. The number of rotatable bonds is 2. The molecule has 0 aliphatic carbocycles. The minimum atomic E-state index is -4.54. The quantitative estimate of drug-likeness (QED) is 0.787. The highest BCUT2D eigenvalue weighted by Crippen LogP contribution is 2.37. The summed E-state index contributed by atoms with van der Waals surface area (Å²) in [7, 11) is 0.353. The zero-order valence-corrected chi connectivity index (χ0v) is 12.5. The van der Waals surface area contributed by atoms with Gasteiger partial charge < -0.3 is 14.0 Å². The molecule has 0 bridgehead atoms. The first-order valence-electron chi connectivity index (χ1n) is 6.46. The van der Waals surface area contributed by atoms with Gasteiger partial charge in [0.15, 0.2) is 0 Å². The van der Waals surface area contributed by atoms with Crippen LogP contribution in [0.2, 0.25) is 0 Å². The molecule has 1 saturated heterocycles. The van der Waals surface area contributed by atoms with Crippen LogP contribution in [0.5, 0.6) is 5.75 Å². The fraction of sp³-hybridized carbons (Fsp3) is 0.615. The lowest BCUT2D eigenvalue weighted by Crippen LogP contribution is -2.41. The molecule has 8 heteroatoms. The van der Waals surface area contributed by atoms with Crippen LogP contribution in [0, 0.1) is 0 Å². The standard InChI is InChI=1S/C13H17BF3NO3/c1-11(2)12(3,4)21-14(20-11)10-8(19-5)6-7-9(18-10)13(15,16)17/h6-7H,1-5H3. The van der Waals surface area contributed by atoms with Crippen molar-refractivity contribution in [1.82, 2.24) is 4.98 Å². The molecule has 1 fully saturated rings. The summed E-state index contributed by atoms with van der Waals surface area (Å²) in [5, 5.41) is 0. The maximum absolute atomic E-state index is 12.8. The van der Waals surface area contributed by atoms with Crippen LogP contribution in [0.15, 0.2) is 12.1 Å². The fourth-order valence-corrected chi connectivity index (χ4v) is 1.92. The van der Waals surface area contributed by atoms with Gasteiger partial charge in [-0.3, -0.25) is 0 Å². The molecule has 1 aromatic rings. The monoisotopic (exact) mass is 303 g/mol. The molecule has 0 unspecified atom stereocenters. The van der Waals surface area contributed by atoms with Gasteiger partial charge in [0.25, 0.3) is 0 Å². The Morgan fingerprint density at radius 3 is 2.05 bits per heavy atom. The minimum absolute atomic E-state index is 0.00836. The average molecular weight is 303 g/mol. The highest BCUT2D eigenvalue weighted by atomic mass is 19.4. The van der Waals surface area contributed by atoms with Crippen LogP contribution in [0.1, 0.15) is 33.4 Å². The molecule has 0 aromatic carbocycles. The number of alkyl halides is 3. The van der Waals surface area contributed by atoms with Crippen molar-refractivity contribution in [3.05, 3.63) is 17.8 Å². The molecule has 2 heterocycles. The van der Waals surface area contributed by atoms with Crippen LogP contribution >= 0.6 is 0 Å². The third-order valence-electron chi connectivity index (χ3n) is 3.87. The first-order chi connectivity index (χ1) is 9.48. The van der Waals surface area contributed by atoms with Crippen LogP contribution < -0.4 is 10.3 Å². The Labute approximate surface area is 121 Å². The Kier molecular flexibility index (Phi) is 3.74. The van der Waals surface area contributed by atoms with Gasteiger partial charge in [0.1, 0.15) is 17.0 Å². The Hall–Kier alpha value is -1.28. The number of hydrogen-bond acceptors (Lipinski definition) is 4. The van der Waals surface area contributed by atoms with E-state index in [1.54, 1.807) is 0 Å². The lowest BCUT2D eigenvalue weighted by molar-refractivity contribution is -0.141. The number of nitrogens with zero attached hydrogens (tertiary/aromatic N) is 1. The first kappa shape index (κ1) is 16.1. The van der Waals surface area contributed by atoms with Gasteiger partial charge in [-0.15, -0.1) is 0 Å². The molecule has 1 aliphatic heterocycles. The Bertz CT molecular complexity index is 530. The smallest absolute Gasteiger partial charge is 0.496 e.